The average molecular weight is 573 g/mol. The fourth-order valence-corrected chi connectivity index (χ4v) is 6.21. The van der Waals surface area contributed by atoms with Gasteiger partial charge in [0, 0.05) is 23.2 Å². The minimum atomic E-state index is -1.65. The van der Waals surface area contributed by atoms with Crippen LogP contribution in [-0.4, -0.2) is 51.9 Å². The maximum atomic E-state index is 14.7. The quantitative estimate of drug-likeness (QED) is 0.157. The van der Waals surface area contributed by atoms with E-state index >= 15 is 0 Å². The normalized spacial score (nSPS) is 18.0. The summed E-state index contributed by atoms with van der Waals surface area (Å²) in [5.74, 6) is -3.10. The molecule has 0 bridgehead atoms. The van der Waals surface area contributed by atoms with Gasteiger partial charge in [0.2, 0.25) is 11.8 Å². The number of carbonyl (C=O) groups excluding carboxylic acids is 2. The molecule has 1 aliphatic rings. The summed E-state index contributed by atoms with van der Waals surface area (Å²) in [7, 11) is 0. The maximum Gasteiger partial charge on any atom is 0.305 e. The van der Waals surface area contributed by atoms with Gasteiger partial charge in [0.05, 0.1) is 24.3 Å². The lowest BCUT2D eigenvalue weighted by molar-refractivity contribution is -0.139. The molecule has 0 spiro atoms. The number of aliphatic hydroxyl groups is 2. The van der Waals surface area contributed by atoms with E-state index in [1.165, 1.54) is 17.0 Å². The molecule has 0 aromatic heterocycles. The smallest absolute Gasteiger partial charge is 0.305 e. The third-order valence-corrected chi connectivity index (χ3v) is 8.10. The van der Waals surface area contributed by atoms with Crippen LogP contribution in [0.1, 0.15) is 38.7 Å². The molecule has 218 valence electrons. The van der Waals surface area contributed by atoms with Gasteiger partial charge in [0.15, 0.2) is 5.41 Å². The molecule has 4 aromatic rings. The van der Waals surface area contributed by atoms with Crippen molar-refractivity contribution in [2.24, 2.45) is 5.92 Å². The Morgan fingerprint density at radius 1 is 0.905 bits per heavy atom. The molecule has 0 unspecified atom stereocenters. The van der Waals surface area contributed by atoms with E-state index in [2.05, 4.69) is 5.32 Å². The number of nitrogens with one attached hydrogen (secondary N) is 1. The summed E-state index contributed by atoms with van der Waals surface area (Å²) in [6.07, 6.45) is -3.04. The maximum absolute atomic E-state index is 14.7. The molecule has 1 aliphatic heterocycles. The third kappa shape index (κ3) is 4.99. The van der Waals surface area contributed by atoms with Crippen molar-refractivity contribution >= 4 is 50.7 Å². The van der Waals surface area contributed by atoms with Crippen molar-refractivity contribution in [3.63, 3.8) is 0 Å². The van der Waals surface area contributed by atoms with Crippen molar-refractivity contribution in [1.82, 2.24) is 0 Å². The monoisotopic (exact) mass is 572 g/mol. The van der Waals surface area contributed by atoms with Crippen LogP contribution in [0.5, 0.6) is 0 Å². The van der Waals surface area contributed by atoms with Crippen LogP contribution >= 0.6 is 0 Å². The number of anilines is 2. The fourth-order valence-electron chi connectivity index (χ4n) is 6.21. The number of nitrogens with zero attached hydrogens (tertiary/aromatic N) is 1. The van der Waals surface area contributed by atoms with Gasteiger partial charge in [-0.2, -0.15) is 0 Å². The number of hydrogen-bond acceptors (Lipinski definition) is 5. The minimum absolute atomic E-state index is 0.00923. The van der Waals surface area contributed by atoms with E-state index in [0.717, 1.165) is 0 Å². The van der Waals surface area contributed by atoms with E-state index in [0.29, 0.717) is 38.5 Å². The number of amides is 2. The van der Waals surface area contributed by atoms with E-state index in [9.17, 15) is 29.0 Å². The van der Waals surface area contributed by atoms with E-state index in [-0.39, 0.29) is 19.4 Å². The summed E-state index contributed by atoms with van der Waals surface area (Å²) < 4.78 is 14.6. The Kier molecular flexibility index (Phi) is 7.99. The number of aliphatic hydroxyl groups excluding tert-OH is 2. The minimum Gasteiger partial charge on any atom is -0.481 e. The summed E-state index contributed by atoms with van der Waals surface area (Å²) in [5, 5.41) is 35.1. The molecule has 4 N–H and O–H groups in total. The van der Waals surface area contributed by atoms with Gasteiger partial charge in [0.25, 0.3) is 0 Å². The molecule has 1 heterocycles. The van der Waals surface area contributed by atoms with E-state index in [1.807, 2.05) is 44.2 Å². The van der Waals surface area contributed by atoms with Crippen LogP contribution < -0.4 is 10.2 Å². The molecule has 42 heavy (non-hydrogen) atoms. The molecule has 0 aliphatic carbocycles. The number of rotatable bonds is 10. The Balaban J connectivity index is 1.69. The zero-order chi connectivity index (χ0) is 30.2. The fraction of sp³-hybridized carbons (Fsp3) is 0.303. The molecule has 8 nitrogen and oxygen atoms in total. The summed E-state index contributed by atoms with van der Waals surface area (Å²) in [6.45, 7) is 3.62. The number of hydrogen-bond donors (Lipinski definition) is 4. The molecule has 0 saturated carbocycles. The first-order valence-corrected chi connectivity index (χ1v) is 14.0. The Labute approximate surface area is 242 Å². The van der Waals surface area contributed by atoms with Crippen LogP contribution in [0, 0.1) is 11.7 Å². The van der Waals surface area contributed by atoms with Gasteiger partial charge in [-0.25, -0.2) is 4.39 Å². The largest absolute Gasteiger partial charge is 0.481 e. The summed E-state index contributed by atoms with van der Waals surface area (Å²) in [4.78, 5) is 41.5. The highest BCUT2D eigenvalue weighted by Gasteiger charge is 2.59. The summed E-state index contributed by atoms with van der Waals surface area (Å²) >= 11 is 0. The first-order valence-electron chi connectivity index (χ1n) is 14.0. The zero-order valence-electron chi connectivity index (χ0n) is 23.4. The van der Waals surface area contributed by atoms with Crippen molar-refractivity contribution in [2.45, 2.75) is 50.7 Å². The molecule has 0 saturated heterocycles. The Morgan fingerprint density at radius 3 is 2.24 bits per heavy atom. The van der Waals surface area contributed by atoms with Gasteiger partial charge in [-0.05, 0) is 65.3 Å². The lowest BCUT2D eigenvalue weighted by Crippen LogP contribution is -2.52. The molecular formula is C33H33FN2O6. The second kappa shape index (κ2) is 11.5. The number of para-hydroxylation sites is 1. The zero-order valence-corrected chi connectivity index (χ0v) is 23.4. The number of carboxylic acids is 1. The standard InChI is InChI=1S/C33H33FN2O6/c1-19(2)33(31(41)35-21-8-4-3-5-9-21)29-25-11-7-6-10-24(25)27-16-20(34)12-13-26(27)30(29)36(32(33)42)15-14-22(37)17-23(38)18-28(39)40/h3-13,16,19,22-23,37-38H,14-15,17-18H2,1-2H3,(H,35,41)(H,39,40)/t22-,23-,33+/m1/s1. The molecule has 2 amide bonds. The van der Waals surface area contributed by atoms with Crippen LogP contribution in [0.25, 0.3) is 21.5 Å². The van der Waals surface area contributed by atoms with E-state index in [1.54, 1.807) is 30.3 Å². The van der Waals surface area contributed by atoms with Gasteiger partial charge in [-0.3, -0.25) is 14.4 Å². The average Bonchev–Trinajstić information content (AvgIpc) is 3.21. The second-order valence-corrected chi connectivity index (χ2v) is 11.1. The predicted octanol–water partition coefficient (Wildman–Crippen LogP) is 4.99. The van der Waals surface area contributed by atoms with E-state index < -0.39 is 53.6 Å². The summed E-state index contributed by atoms with van der Waals surface area (Å²) in [6, 6.07) is 20.5. The first-order chi connectivity index (χ1) is 20.0. The van der Waals surface area contributed by atoms with Crippen molar-refractivity contribution in [1.29, 1.82) is 0 Å². The van der Waals surface area contributed by atoms with Crippen molar-refractivity contribution in [2.75, 3.05) is 16.8 Å². The highest BCUT2D eigenvalue weighted by Crippen LogP contribution is 2.54. The van der Waals surface area contributed by atoms with Crippen molar-refractivity contribution < 1.29 is 34.1 Å². The molecule has 5 rings (SSSR count). The lowest BCUT2D eigenvalue weighted by Gasteiger charge is -2.32. The Morgan fingerprint density at radius 2 is 1.57 bits per heavy atom. The number of halogens is 1. The first kappa shape index (κ1) is 29.2. The predicted molar refractivity (Wildman–Crippen MR) is 159 cm³/mol. The third-order valence-electron chi connectivity index (χ3n) is 8.10. The Bertz CT molecular complexity index is 1670. The van der Waals surface area contributed by atoms with Gasteiger partial charge in [-0.15, -0.1) is 0 Å². The van der Waals surface area contributed by atoms with Crippen LogP contribution in [0.3, 0.4) is 0 Å². The van der Waals surface area contributed by atoms with Crippen molar-refractivity contribution in [3.05, 3.63) is 84.2 Å². The number of carbonyl (C=O) groups is 3. The molecule has 3 atom stereocenters. The lowest BCUT2D eigenvalue weighted by atomic mass is 9.69. The highest BCUT2D eigenvalue weighted by molar-refractivity contribution is 6.32. The van der Waals surface area contributed by atoms with Gasteiger partial charge in [-0.1, -0.05) is 56.3 Å². The SMILES string of the molecule is CC(C)[C@]1(C(=O)Nc2ccccc2)C(=O)N(CC[C@@H](O)C[C@@H](O)CC(=O)O)c2c1c1ccccc1c1cc(F)ccc21. The second-order valence-electron chi connectivity index (χ2n) is 11.1. The van der Waals surface area contributed by atoms with Gasteiger partial charge < -0.3 is 25.5 Å². The topological polar surface area (TPSA) is 127 Å². The number of fused-ring (bicyclic) bond motifs is 6. The molecule has 9 heteroatoms. The number of benzene rings is 4. The van der Waals surface area contributed by atoms with Gasteiger partial charge >= 0.3 is 5.97 Å². The number of carboxylic acid groups (broad SMARTS) is 1. The highest BCUT2D eigenvalue weighted by atomic mass is 19.1. The Hall–Kier alpha value is -4.34. The molecular weight excluding hydrogens is 539 g/mol. The van der Waals surface area contributed by atoms with Gasteiger partial charge in [0.1, 0.15) is 5.82 Å². The molecule has 4 aromatic carbocycles. The van der Waals surface area contributed by atoms with E-state index in [4.69, 9.17) is 5.11 Å². The van der Waals surface area contributed by atoms with Crippen LogP contribution in [0.15, 0.2) is 72.8 Å². The molecule has 0 fully saturated rings. The van der Waals surface area contributed by atoms with Crippen LogP contribution in [0.4, 0.5) is 15.8 Å². The number of aliphatic carboxylic acids is 1. The van der Waals surface area contributed by atoms with Crippen LogP contribution in [0.2, 0.25) is 0 Å². The van der Waals surface area contributed by atoms with Crippen LogP contribution in [-0.2, 0) is 19.8 Å². The molecule has 0 radical (unpaired) electrons. The summed E-state index contributed by atoms with van der Waals surface area (Å²) in [5.41, 5.74) is -0.124. The van der Waals surface area contributed by atoms with Crippen molar-refractivity contribution in [3.8, 4) is 0 Å².